The van der Waals surface area contributed by atoms with Gasteiger partial charge >= 0.3 is 0 Å². The van der Waals surface area contributed by atoms with Crippen LogP contribution in [0, 0.1) is 0 Å². The quantitative estimate of drug-likeness (QED) is 0.587. The van der Waals surface area contributed by atoms with Crippen LogP contribution in [-0.4, -0.2) is 65.7 Å². The Labute approximate surface area is 167 Å². The average molecular weight is 415 g/mol. The number of ether oxygens (including phenoxy) is 3. The molecule has 0 atom stereocenters. The number of hydrogen-bond acceptors (Lipinski definition) is 6. The van der Waals surface area contributed by atoms with E-state index < -0.39 is 10.0 Å². The first kappa shape index (κ1) is 22.4. The highest BCUT2D eigenvalue weighted by Gasteiger charge is 2.34. The number of nitrogens with one attached hydrogen (secondary N) is 1. The molecule has 1 N–H and O–H groups in total. The lowest BCUT2D eigenvalue weighted by Gasteiger charge is -2.33. The molecule has 0 aliphatic heterocycles. The van der Waals surface area contributed by atoms with Gasteiger partial charge in [0.2, 0.25) is 15.9 Å². The molecule has 0 bridgehead atoms. The van der Waals surface area contributed by atoms with Gasteiger partial charge in [0.15, 0.2) is 11.5 Å². The van der Waals surface area contributed by atoms with Crippen molar-refractivity contribution in [3.63, 3.8) is 0 Å². The second kappa shape index (κ2) is 10.6. The molecule has 1 saturated carbocycles. The van der Waals surface area contributed by atoms with Crippen molar-refractivity contribution < 1.29 is 27.4 Å². The molecule has 0 heterocycles. The summed E-state index contributed by atoms with van der Waals surface area (Å²) in [6.07, 6.45) is 4.48. The zero-order chi connectivity index (χ0) is 20.6. The summed E-state index contributed by atoms with van der Waals surface area (Å²) in [7, 11) is 0.611. The fourth-order valence-corrected chi connectivity index (χ4v) is 5.04. The lowest BCUT2D eigenvalue weighted by Crippen LogP contribution is -2.47. The van der Waals surface area contributed by atoms with Crippen molar-refractivity contribution in [2.24, 2.45) is 0 Å². The summed E-state index contributed by atoms with van der Waals surface area (Å²) in [5.41, 5.74) is 0. The number of amides is 1. The minimum Gasteiger partial charge on any atom is -0.493 e. The smallest absolute Gasteiger partial charge is 0.243 e. The Kier molecular flexibility index (Phi) is 8.53. The van der Waals surface area contributed by atoms with Crippen LogP contribution in [0.4, 0.5) is 0 Å². The van der Waals surface area contributed by atoms with E-state index >= 15 is 0 Å². The molecule has 0 spiro atoms. The molecule has 0 saturated heterocycles. The summed E-state index contributed by atoms with van der Waals surface area (Å²) < 4.78 is 43.5. The lowest BCUT2D eigenvalue weighted by atomic mass is 9.95. The summed E-state index contributed by atoms with van der Waals surface area (Å²) in [5, 5.41) is 2.70. The van der Waals surface area contributed by atoms with Crippen molar-refractivity contribution in [1.29, 1.82) is 0 Å². The van der Waals surface area contributed by atoms with Crippen LogP contribution in [0.3, 0.4) is 0 Å². The molecular weight excluding hydrogens is 384 g/mol. The molecule has 1 aromatic carbocycles. The van der Waals surface area contributed by atoms with Gasteiger partial charge in [-0.2, -0.15) is 4.31 Å². The van der Waals surface area contributed by atoms with E-state index in [0.717, 1.165) is 32.1 Å². The second-order valence-corrected chi connectivity index (χ2v) is 8.59. The Bertz CT molecular complexity index is 747. The fourth-order valence-electron chi connectivity index (χ4n) is 3.38. The molecule has 0 aromatic heterocycles. The summed E-state index contributed by atoms with van der Waals surface area (Å²) >= 11 is 0. The maximum absolute atomic E-state index is 13.4. The Hall–Kier alpha value is -1.84. The van der Waals surface area contributed by atoms with Crippen molar-refractivity contribution >= 4 is 15.9 Å². The molecule has 9 heteroatoms. The molecule has 158 valence electrons. The lowest BCUT2D eigenvalue weighted by molar-refractivity contribution is -0.121. The van der Waals surface area contributed by atoms with Crippen LogP contribution in [0.5, 0.6) is 11.5 Å². The van der Waals surface area contributed by atoms with E-state index in [2.05, 4.69) is 5.32 Å². The molecule has 28 heavy (non-hydrogen) atoms. The number of carbonyl (C=O) groups is 1. The highest BCUT2D eigenvalue weighted by Crippen LogP contribution is 2.33. The van der Waals surface area contributed by atoms with Crippen molar-refractivity contribution in [2.45, 2.75) is 43.0 Å². The Morgan fingerprint density at radius 1 is 1.11 bits per heavy atom. The van der Waals surface area contributed by atoms with E-state index in [1.54, 1.807) is 13.2 Å². The van der Waals surface area contributed by atoms with E-state index in [1.165, 1.54) is 30.7 Å². The van der Waals surface area contributed by atoms with Crippen LogP contribution >= 0.6 is 0 Å². The minimum atomic E-state index is -3.88. The maximum Gasteiger partial charge on any atom is 0.243 e. The zero-order valence-corrected chi connectivity index (χ0v) is 17.6. The van der Waals surface area contributed by atoms with Gasteiger partial charge in [-0.15, -0.1) is 0 Å². The SMILES string of the molecule is COCCNC(=O)CN(C1CCCCC1)S(=O)(=O)c1ccc(OC)c(OC)c1. The van der Waals surface area contributed by atoms with Crippen molar-refractivity contribution in [1.82, 2.24) is 9.62 Å². The zero-order valence-electron chi connectivity index (χ0n) is 16.8. The number of sulfonamides is 1. The Morgan fingerprint density at radius 3 is 2.39 bits per heavy atom. The number of rotatable bonds is 10. The van der Waals surface area contributed by atoms with Gasteiger partial charge in [0, 0.05) is 25.8 Å². The molecule has 1 aliphatic rings. The van der Waals surface area contributed by atoms with E-state index in [0.29, 0.717) is 24.7 Å². The molecule has 1 fully saturated rings. The molecule has 1 amide bonds. The number of methoxy groups -OCH3 is 3. The third-order valence-electron chi connectivity index (χ3n) is 4.87. The van der Waals surface area contributed by atoms with Gasteiger partial charge in [0.25, 0.3) is 0 Å². The van der Waals surface area contributed by atoms with Gasteiger partial charge in [-0.3, -0.25) is 4.79 Å². The molecule has 1 aromatic rings. The van der Waals surface area contributed by atoms with Gasteiger partial charge < -0.3 is 19.5 Å². The predicted molar refractivity (Wildman–Crippen MR) is 105 cm³/mol. The number of hydrogen-bond donors (Lipinski definition) is 1. The Balaban J connectivity index is 2.30. The fraction of sp³-hybridized carbons (Fsp3) is 0.632. The monoisotopic (exact) mass is 414 g/mol. The molecular formula is C19H30N2O6S. The third kappa shape index (κ3) is 5.59. The van der Waals surface area contributed by atoms with Crippen LogP contribution < -0.4 is 14.8 Å². The highest BCUT2D eigenvalue weighted by atomic mass is 32.2. The molecule has 8 nitrogen and oxygen atoms in total. The highest BCUT2D eigenvalue weighted by molar-refractivity contribution is 7.89. The minimum absolute atomic E-state index is 0.0837. The van der Waals surface area contributed by atoms with Gasteiger partial charge in [-0.25, -0.2) is 8.42 Å². The van der Waals surface area contributed by atoms with Gasteiger partial charge in [0.05, 0.1) is 32.3 Å². The molecule has 1 aliphatic carbocycles. The van der Waals surface area contributed by atoms with Crippen LogP contribution in [-0.2, 0) is 19.6 Å². The van der Waals surface area contributed by atoms with Gasteiger partial charge in [0.1, 0.15) is 0 Å². The summed E-state index contributed by atoms with van der Waals surface area (Å²) in [5.74, 6) is 0.436. The van der Waals surface area contributed by atoms with E-state index in [4.69, 9.17) is 14.2 Å². The van der Waals surface area contributed by atoms with Crippen LogP contribution in [0.2, 0.25) is 0 Å². The van der Waals surface area contributed by atoms with Crippen molar-refractivity contribution in [3.8, 4) is 11.5 Å². The van der Waals surface area contributed by atoms with E-state index in [1.807, 2.05) is 0 Å². The van der Waals surface area contributed by atoms with Crippen LogP contribution in [0.15, 0.2) is 23.1 Å². The number of benzene rings is 1. The van der Waals surface area contributed by atoms with Crippen LogP contribution in [0.25, 0.3) is 0 Å². The van der Waals surface area contributed by atoms with Gasteiger partial charge in [-0.05, 0) is 25.0 Å². The maximum atomic E-state index is 13.4. The van der Waals surface area contributed by atoms with E-state index in [9.17, 15) is 13.2 Å². The standard InChI is InChI=1S/C19H30N2O6S/c1-25-12-11-20-19(22)14-21(15-7-5-4-6-8-15)28(23,24)16-9-10-17(26-2)18(13-16)27-3/h9-10,13,15H,4-8,11-12,14H2,1-3H3,(H,20,22). The summed E-state index contributed by atoms with van der Waals surface area (Å²) in [4.78, 5) is 12.4. The normalized spacial score (nSPS) is 15.4. The second-order valence-electron chi connectivity index (χ2n) is 6.70. The average Bonchev–Trinajstić information content (AvgIpc) is 2.72. The van der Waals surface area contributed by atoms with Gasteiger partial charge in [-0.1, -0.05) is 19.3 Å². The summed E-state index contributed by atoms with van der Waals surface area (Å²) in [6.45, 7) is 0.493. The van der Waals surface area contributed by atoms with Crippen molar-refractivity contribution in [2.75, 3.05) is 41.0 Å². The largest absolute Gasteiger partial charge is 0.493 e. The molecule has 0 unspecified atom stereocenters. The third-order valence-corrected chi connectivity index (χ3v) is 6.77. The topological polar surface area (TPSA) is 94.2 Å². The first-order chi connectivity index (χ1) is 13.4. The Morgan fingerprint density at radius 2 is 1.79 bits per heavy atom. The van der Waals surface area contributed by atoms with Crippen molar-refractivity contribution in [3.05, 3.63) is 18.2 Å². The first-order valence-corrected chi connectivity index (χ1v) is 10.9. The predicted octanol–water partition coefficient (Wildman–Crippen LogP) is 1.79. The van der Waals surface area contributed by atoms with E-state index in [-0.39, 0.29) is 23.4 Å². The van der Waals surface area contributed by atoms with Crippen LogP contribution in [0.1, 0.15) is 32.1 Å². The molecule has 0 radical (unpaired) electrons. The molecule has 2 rings (SSSR count). The first-order valence-electron chi connectivity index (χ1n) is 9.43. The number of carbonyl (C=O) groups excluding carboxylic acids is 1. The number of nitrogens with zero attached hydrogens (tertiary/aromatic N) is 1. The summed E-state index contributed by atoms with van der Waals surface area (Å²) in [6, 6.07) is 4.28.